The number of hydrogen-bond donors (Lipinski definition) is 3. The van der Waals surface area contributed by atoms with E-state index in [4.69, 9.17) is 10.9 Å². The lowest BCUT2D eigenvalue weighted by molar-refractivity contribution is 0.322. The molecule has 16 heavy (non-hydrogen) atoms. The Morgan fingerprint density at radius 3 is 2.50 bits per heavy atom. The van der Waals surface area contributed by atoms with E-state index in [1.807, 2.05) is 30.3 Å². The molecular weight excluding hydrogens is 228 g/mol. The van der Waals surface area contributed by atoms with Gasteiger partial charge in [0.25, 0.3) is 0 Å². The maximum absolute atomic E-state index is 8.46. The third-order valence-electron chi connectivity index (χ3n) is 1.54. The third-order valence-corrected chi connectivity index (χ3v) is 1.63. The van der Waals surface area contributed by atoms with Crippen molar-refractivity contribution >= 4 is 29.3 Å². The van der Waals surface area contributed by atoms with Crippen LogP contribution in [0, 0.1) is 0 Å². The topological polar surface area (TPSA) is 114 Å². The standard InChI is InChI=1S/C9H10N4OS.H2O/c10-9(15)13-12-8(6-11-14)7-4-2-1-3-5-7;/h1-6,14H,(H3,10,13,15);1H2/b11-6+,12-8+;. The molecule has 0 spiro atoms. The summed E-state index contributed by atoms with van der Waals surface area (Å²) in [5, 5.41) is 15.3. The van der Waals surface area contributed by atoms with Crippen LogP contribution in [0.3, 0.4) is 0 Å². The Bertz CT molecular complexity index is 392. The highest BCUT2D eigenvalue weighted by Gasteiger charge is 1.99. The van der Waals surface area contributed by atoms with Crippen molar-refractivity contribution in [1.29, 1.82) is 0 Å². The van der Waals surface area contributed by atoms with Crippen LogP contribution in [0.4, 0.5) is 0 Å². The molecule has 6 N–H and O–H groups in total. The summed E-state index contributed by atoms with van der Waals surface area (Å²) in [5.74, 6) is 0. The van der Waals surface area contributed by atoms with Gasteiger partial charge in [0.1, 0.15) is 5.71 Å². The maximum Gasteiger partial charge on any atom is 0.184 e. The van der Waals surface area contributed by atoms with E-state index in [-0.39, 0.29) is 10.6 Å². The van der Waals surface area contributed by atoms with Crippen molar-refractivity contribution < 1.29 is 10.7 Å². The fourth-order valence-corrected chi connectivity index (χ4v) is 0.993. The molecular formula is C9H12N4O2S. The van der Waals surface area contributed by atoms with Crippen LogP contribution in [0.1, 0.15) is 5.56 Å². The average molecular weight is 240 g/mol. The number of oxime groups is 1. The molecule has 0 aliphatic heterocycles. The zero-order chi connectivity index (χ0) is 11.1. The summed E-state index contributed by atoms with van der Waals surface area (Å²) in [6.45, 7) is 0. The molecule has 0 amide bonds. The molecule has 0 aromatic heterocycles. The van der Waals surface area contributed by atoms with E-state index in [1.54, 1.807) is 0 Å². The quantitative estimate of drug-likeness (QED) is 0.295. The van der Waals surface area contributed by atoms with Gasteiger partial charge in [-0.05, 0) is 12.2 Å². The average Bonchev–Trinajstić information content (AvgIpc) is 2.25. The lowest BCUT2D eigenvalue weighted by Gasteiger charge is -2.00. The first-order valence-electron chi connectivity index (χ1n) is 4.10. The fourth-order valence-electron chi connectivity index (χ4n) is 0.947. The molecule has 0 saturated carbocycles. The Labute approximate surface area is 97.8 Å². The minimum absolute atomic E-state index is 0. The van der Waals surface area contributed by atoms with Crippen LogP contribution in [0.5, 0.6) is 0 Å². The zero-order valence-electron chi connectivity index (χ0n) is 8.29. The van der Waals surface area contributed by atoms with E-state index in [2.05, 4.69) is 27.9 Å². The SMILES string of the molecule is NC(=S)N/N=C(\C=N\O)c1ccccc1.O. The first-order valence-corrected chi connectivity index (χ1v) is 4.51. The van der Waals surface area contributed by atoms with Gasteiger partial charge >= 0.3 is 0 Å². The Morgan fingerprint density at radius 1 is 1.38 bits per heavy atom. The summed E-state index contributed by atoms with van der Waals surface area (Å²) in [6, 6.07) is 9.20. The van der Waals surface area contributed by atoms with E-state index in [9.17, 15) is 0 Å². The number of hydrogen-bond acceptors (Lipinski definition) is 4. The number of benzene rings is 1. The number of rotatable bonds is 3. The highest BCUT2D eigenvalue weighted by Crippen LogP contribution is 1.99. The first-order chi connectivity index (χ1) is 7.24. The second-order valence-corrected chi connectivity index (χ2v) is 3.02. The van der Waals surface area contributed by atoms with Crippen molar-refractivity contribution in [2.24, 2.45) is 16.0 Å². The van der Waals surface area contributed by atoms with Gasteiger partial charge in [0.2, 0.25) is 0 Å². The van der Waals surface area contributed by atoms with Crippen LogP contribution < -0.4 is 11.2 Å². The van der Waals surface area contributed by atoms with E-state index in [1.165, 1.54) is 6.21 Å². The molecule has 6 nitrogen and oxygen atoms in total. The predicted molar refractivity (Wildman–Crippen MR) is 66.8 cm³/mol. The predicted octanol–water partition coefficient (Wildman–Crippen LogP) is -0.141. The minimum Gasteiger partial charge on any atom is -0.412 e. The van der Waals surface area contributed by atoms with Gasteiger partial charge < -0.3 is 16.4 Å². The van der Waals surface area contributed by atoms with Crippen LogP contribution in [0.25, 0.3) is 0 Å². The molecule has 0 aliphatic carbocycles. The van der Waals surface area contributed by atoms with E-state index < -0.39 is 0 Å². The maximum atomic E-state index is 8.46. The van der Waals surface area contributed by atoms with Gasteiger partial charge in [-0.2, -0.15) is 5.10 Å². The smallest absolute Gasteiger partial charge is 0.184 e. The molecule has 1 aromatic rings. The summed E-state index contributed by atoms with van der Waals surface area (Å²) < 4.78 is 0. The molecule has 0 unspecified atom stereocenters. The summed E-state index contributed by atoms with van der Waals surface area (Å²) in [4.78, 5) is 0. The van der Waals surface area contributed by atoms with Crippen LogP contribution in [0.2, 0.25) is 0 Å². The number of thiocarbonyl (C=S) groups is 1. The van der Waals surface area contributed by atoms with Crippen molar-refractivity contribution in [3.63, 3.8) is 0 Å². The second kappa shape index (κ2) is 7.32. The molecule has 1 aromatic carbocycles. The van der Waals surface area contributed by atoms with E-state index >= 15 is 0 Å². The Balaban J connectivity index is 0.00000225. The highest BCUT2D eigenvalue weighted by molar-refractivity contribution is 7.80. The van der Waals surface area contributed by atoms with E-state index in [0.29, 0.717) is 5.71 Å². The van der Waals surface area contributed by atoms with Gasteiger partial charge in [0.15, 0.2) is 5.11 Å². The monoisotopic (exact) mass is 240 g/mol. The zero-order valence-corrected chi connectivity index (χ0v) is 9.11. The van der Waals surface area contributed by atoms with Gasteiger partial charge in [-0.1, -0.05) is 35.5 Å². The van der Waals surface area contributed by atoms with Gasteiger partial charge in [-0.3, -0.25) is 5.43 Å². The molecule has 7 heteroatoms. The molecule has 0 atom stereocenters. The number of nitrogens with two attached hydrogens (primary N) is 1. The summed E-state index contributed by atoms with van der Waals surface area (Å²) in [7, 11) is 0. The third kappa shape index (κ3) is 4.49. The molecule has 0 saturated heterocycles. The molecule has 1 rings (SSSR count). The Hall–Kier alpha value is -1.99. The molecule has 0 heterocycles. The Morgan fingerprint density at radius 2 is 2.00 bits per heavy atom. The van der Waals surface area contributed by atoms with Crippen molar-refractivity contribution in [3.05, 3.63) is 35.9 Å². The number of nitrogens with zero attached hydrogens (tertiary/aromatic N) is 2. The highest BCUT2D eigenvalue weighted by atomic mass is 32.1. The largest absolute Gasteiger partial charge is 0.412 e. The van der Waals surface area contributed by atoms with Gasteiger partial charge in [-0.25, -0.2) is 0 Å². The fraction of sp³-hybridized carbons (Fsp3) is 0. The normalized spacial score (nSPS) is 10.9. The van der Waals surface area contributed by atoms with Gasteiger partial charge in [0.05, 0.1) is 6.21 Å². The summed E-state index contributed by atoms with van der Waals surface area (Å²) in [6.07, 6.45) is 1.20. The molecule has 0 fully saturated rings. The second-order valence-electron chi connectivity index (χ2n) is 2.58. The lowest BCUT2D eigenvalue weighted by atomic mass is 10.1. The number of hydrazone groups is 1. The van der Waals surface area contributed by atoms with Crippen molar-refractivity contribution in [2.45, 2.75) is 0 Å². The first kappa shape index (κ1) is 14.0. The Kier molecular flexibility index (Phi) is 6.41. The van der Waals surface area contributed by atoms with Crippen LogP contribution in [0.15, 0.2) is 40.6 Å². The summed E-state index contributed by atoms with van der Waals surface area (Å²) in [5.41, 5.74) is 8.87. The van der Waals surface area contributed by atoms with Crippen molar-refractivity contribution in [1.82, 2.24) is 5.43 Å². The van der Waals surface area contributed by atoms with Crippen LogP contribution in [-0.4, -0.2) is 27.7 Å². The molecule has 0 radical (unpaired) electrons. The van der Waals surface area contributed by atoms with Gasteiger partial charge in [-0.15, -0.1) is 0 Å². The minimum atomic E-state index is 0. The van der Waals surface area contributed by atoms with E-state index in [0.717, 1.165) is 5.56 Å². The lowest BCUT2D eigenvalue weighted by Crippen LogP contribution is -2.26. The van der Waals surface area contributed by atoms with Crippen LogP contribution in [-0.2, 0) is 0 Å². The summed E-state index contributed by atoms with van der Waals surface area (Å²) >= 11 is 4.60. The van der Waals surface area contributed by atoms with Gasteiger partial charge in [0, 0.05) is 5.56 Å². The van der Waals surface area contributed by atoms with Crippen molar-refractivity contribution in [2.75, 3.05) is 0 Å². The number of nitrogens with one attached hydrogen (secondary N) is 1. The van der Waals surface area contributed by atoms with Crippen LogP contribution >= 0.6 is 12.2 Å². The molecule has 86 valence electrons. The molecule has 0 aliphatic rings. The molecule has 0 bridgehead atoms. The van der Waals surface area contributed by atoms with Crippen molar-refractivity contribution in [3.8, 4) is 0 Å².